The summed E-state index contributed by atoms with van der Waals surface area (Å²) in [6.07, 6.45) is 4.66. The van der Waals surface area contributed by atoms with E-state index in [1.165, 1.54) is 12.8 Å². The molecule has 1 aliphatic carbocycles. The Balaban J connectivity index is 1.84. The molecule has 0 atom stereocenters. The molecule has 29 heavy (non-hydrogen) atoms. The van der Waals surface area contributed by atoms with Crippen LogP contribution >= 0.6 is 15.9 Å². The minimum absolute atomic E-state index is 0.0452. The van der Waals surface area contributed by atoms with Gasteiger partial charge in [0.05, 0.1) is 5.33 Å². The Hall–Kier alpha value is -2.48. The summed E-state index contributed by atoms with van der Waals surface area (Å²) in [5.41, 5.74) is 2.35. The average molecular weight is 455 g/mol. The van der Waals surface area contributed by atoms with E-state index in [2.05, 4.69) is 42.7 Å². The molecule has 0 unspecified atom stereocenters. The molecular weight excluding hydrogens is 432 g/mol. The van der Waals surface area contributed by atoms with E-state index in [1.54, 1.807) is 9.08 Å². The molecule has 0 saturated heterocycles. The first kappa shape index (κ1) is 18.5. The Morgan fingerprint density at radius 1 is 1.10 bits per heavy atom. The number of halogens is 1. The van der Waals surface area contributed by atoms with Gasteiger partial charge >= 0.3 is 0 Å². The molecule has 3 aromatic heterocycles. The van der Waals surface area contributed by atoms with E-state index < -0.39 is 0 Å². The van der Waals surface area contributed by atoms with Crippen LogP contribution in [0.5, 0.6) is 0 Å². The van der Waals surface area contributed by atoms with Gasteiger partial charge in [0.1, 0.15) is 5.82 Å². The van der Waals surface area contributed by atoms with Gasteiger partial charge in [-0.2, -0.15) is 9.50 Å². The lowest BCUT2D eigenvalue weighted by molar-refractivity contribution is 0.616. The monoisotopic (exact) mass is 454 g/mol. The molecule has 5 rings (SSSR count). The van der Waals surface area contributed by atoms with Crippen LogP contribution in [-0.4, -0.2) is 28.7 Å². The lowest BCUT2D eigenvalue weighted by atomic mass is 10.1. The van der Waals surface area contributed by atoms with Gasteiger partial charge in [-0.3, -0.25) is 9.36 Å². The van der Waals surface area contributed by atoms with Crippen molar-refractivity contribution >= 4 is 32.9 Å². The molecule has 8 heteroatoms. The molecule has 0 spiro atoms. The van der Waals surface area contributed by atoms with Crippen molar-refractivity contribution in [3.63, 3.8) is 0 Å². The van der Waals surface area contributed by atoms with E-state index in [-0.39, 0.29) is 5.56 Å². The van der Waals surface area contributed by atoms with Gasteiger partial charge in [0.25, 0.3) is 5.56 Å². The fourth-order valence-corrected chi connectivity index (χ4v) is 4.70. The van der Waals surface area contributed by atoms with Crippen LogP contribution in [-0.2, 0) is 18.4 Å². The third kappa shape index (κ3) is 3.01. The van der Waals surface area contributed by atoms with Crippen molar-refractivity contribution in [2.24, 2.45) is 0 Å². The Morgan fingerprint density at radius 2 is 1.86 bits per heavy atom. The van der Waals surface area contributed by atoms with Crippen LogP contribution in [0.1, 0.15) is 55.7 Å². The molecule has 1 aromatic carbocycles. The smallest absolute Gasteiger partial charge is 0.281 e. The number of benzene rings is 1. The van der Waals surface area contributed by atoms with Crippen LogP contribution in [0.25, 0.3) is 16.9 Å². The highest BCUT2D eigenvalue weighted by molar-refractivity contribution is 9.08. The van der Waals surface area contributed by atoms with Crippen LogP contribution in [0.4, 0.5) is 0 Å². The van der Waals surface area contributed by atoms with Crippen LogP contribution in [0.15, 0.2) is 35.1 Å². The second-order valence-electron chi connectivity index (χ2n) is 7.62. The van der Waals surface area contributed by atoms with Crippen LogP contribution in [0, 0.1) is 0 Å². The number of hydrogen-bond acceptors (Lipinski definition) is 4. The van der Waals surface area contributed by atoms with E-state index in [0.29, 0.717) is 47.1 Å². The van der Waals surface area contributed by atoms with Crippen molar-refractivity contribution in [1.82, 2.24) is 28.7 Å². The number of imidazole rings is 1. The van der Waals surface area contributed by atoms with Crippen molar-refractivity contribution < 1.29 is 0 Å². The normalized spacial score (nSPS) is 15.1. The number of rotatable bonds is 5. The summed E-state index contributed by atoms with van der Waals surface area (Å²) in [6, 6.07) is 10.3. The minimum atomic E-state index is -0.0452. The number of aromatic nitrogens is 6. The van der Waals surface area contributed by atoms with Gasteiger partial charge in [-0.1, -0.05) is 59.1 Å². The third-order valence-electron chi connectivity index (χ3n) is 5.84. The van der Waals surface area contributed by atoms with Gasteiger partial charge in [0, 0.05) is 19.0 Å². The molecular formula is C21H23BrN6O. The van der Waals surface area contributed by atoms with Crippen molar-refractivity contribution in [1.29, 1.82) is 0 Å². The second-order valence-corrected chi connectivity index (χ2v) is 8.18. The van der Waals surface area contributed by atoms with Crippen molar-refractivity contribution in [2.75, 3.05) is 0 Å². The van der Waals surface area contributed by atoms with E-state index in [4.69, 9.17) is 4.98 Å². The fourth-order valence-electron chi connectivity index (χ4n) is 4.46. The van der Waals surface area contributed by atoms with Crippen LogP contribution in [0.3, 0.4) is 0 Å². The highest BCUT2D eigenvalue weighted by Crippen LogP contribution is 2.35. The highest BCUT2D eigenvalue weighted by atomic mass is 79.9. The van der Waals surface area contributed by atoms with Gasteiger partial charge in [-0.05, 0) is 25.3 Å². The van der Waals surface area contributed by atoms with Gasteiger partial charge in [0.2, 0.25) is 5.78 Å². The highest BCUT2D eigenvalue weighted by Gasteiger charge is 2.27. The summed E-state index contributed by atoms with van der Waals surface area (Å²) < 4.78 is 5.57. The molecule has 1 fully saturated rings. The summed E-state index contributed by atoms with van der Waals surface area (Å²) in [7, 11) is 0. The van der Waals surface area contributed by atoms with E-state index in [1.807, 2.05) is 25.1 Å². The minimum Gasteiger partial charge on any atom is -0.317 e. The Labute approximate surface area is 176 Å². The van der Waals surface area contributed by atoms with Gasteiger partial charge in [-0.15, -0.1) is 5.10 Å². The predicted octanol–water partition coefficient (Wildman–Crippen LogP) is 3.86. The van der Waals surface area contributed by atoms with Crippen LogP contribution in [0.2, 0.25) is 0 Å². The van der Waals surface area contributed by atoms with Gasteiger partial charge in [0.15, 0.2) is 17.0 Å². The molecule has 7 nitrogen and oxygen atoms in total. The molecule has 1 aliphatic rings. The topological polar surface area (TPSA) is 70.0 Å². The lowest BCUT2D eigenvalue weighted by Gasteiger charge is -2.13. The van der Waals surface area contributed by atoms with Gasteiger partial charge in [-0.25, -0.2) is 4.98 Å². The number of alkyl halides is 1. The summed E-state index contributed by atoms with van der Waals surface area (Å²) >= 11 is 3.43. The zero-order chi connectivity index (χ0) is 20.0. The number of aryl methyl sites for hydroxylation is 1. The Bertz CT molecular complexity index is 1230. The predicted molar refractivity (Wildman–Crippen MR) is 116 cm³/mol. The maximum Gasteiger partial charge on any atom is 0.281 e. The quantitative estimate of drug-likeness (QED) is 0.429. The average Bonchev–Trinajstić information content (AvgIpc) is 3.47. The SMILES string of the molecule is CCn1c(=O)c2c(nc(C3CCCC3)n2Cc2ccccc2)n2nc(CBr)nc12. The summed E-state index contributed by atoms with van der Waals surface area (Å²) in [5.74, 6) is 2.60. The van der Waals surface area contributed by atoms with Gasteiger partial charge < -0.3 is 4.57 Å². The Kier molecular flexibility index (Phi) is 4.73. The summed E-state index contributed by atoms with van der Waals surface area (Å²) in [4.78, 5) is 23.1. The maximum atomic E-state index is 13.5. The van der Waals surface area contributed by atoms with Crippen molar-refractivity contribution in [3.8, 4) is 0 Å². The van der Waals surface area contributed by atoms with Crippen LogP contribution < -0.4 is 5.56 Å². The third-order valence-corrected chi connectivity index (χ3v) is 6.34. The number of hydrogen-bond donors (Lipinski definition) is 0. The van der Waals surface area contributed by atoms with Crippen molar-refractivity contribution in [3.05, 3.63) is 57.9 Å². The molecule has 4 aromatic rings. The zero-order valence-corrected chi connectivity index (χ0v) is 18.0. The summed E-state index contributed by atoms with van der Waals surface area (Å²) in [5, 5.41) is 5.16. The largest absolute Gasteiger partial charge is 0.317 e. The van der Waals surface area contributed by atoms with E-state index >= 15 is 0 Å². The number of nitrogens with zero attached hydrogens (tertiary/aromatic N) is 6. The molecule has 3 heterocycles. The molecule has 0 aliphatic heterocycles. The first-order valence-electron chi connectivity index (χ1n) is 10.2. The molecule has 0 amide bonds. The summed E-state index contributed by atoms with van der Waals surface area (Å²) in [6.45, 7) is 3.13. The standard InChI is InChI=1S/C21H23BrN6O/c1-2-26-20(29)17-19(28-21(26)23-16(12-22)25-28)24-18(15-10-6-7-11-15)27(17)13-14-8-4-3-5-9-14/h3-5,8-9,15H,2,6-7,10-13H2,1H3. The van der Waals surface area contributed by atoms with Crippen molar-refractivity contribution in [2.45, 2.75) is 56.9 Å². The number of fused-ring (bicyclic) bond motifs is 3. The molecule has 150 valence electrons. The molecule has 1 saturated carbocycles. The lowest BCUT2D eigenvalue weighted by Crippen LogP contribution is -2.25. The zero-order valence-electron chi connectivity index (χ0n) is 16.4. The molecule has 0 N–H and O–H groups in total. The fraction of sp³-hybridized carbons (Fsp3) is 0.429. The first-order valence-corrected chi connectivity index (χ1v) is 11.3. The second kappa shape index (κ2) is 7.40. The Morgan fingerprint density at radius 3 is 2.55 bits per heavy atom. The first-order chi connectivity index (χ1) is 14.2. The molecule has 0 bridgehead atoms. The van der Waals surface area contributed by atoms with E-state index in [9.17, 15) is 4.79 Å². The molecule has 0 radical (unpaired) electrons. The van der Waals surface area contributed by atoms with E-state index in [0.717, 1.165) is 24.2 Å². The maximum absolute atomic E-state index is 13.5.